The molecule has 0 bridgehead atoms. The number of carbonyl (C=O) groups excluding carboxylic acids is 2. The van der Waals surface area contributed by atoms with Crippen LogP contribution in [0.5, 0.6) is 5.75 Å². The molecule has 1 aliphatic rings. The molecule has 0 radical (unpaired) electrons. The molecule has 1 fully saturated rings. The number of ether oxygens (including phenoxy) is 1. The Labute approximate surface area is 154 Å². The van der Waals surface area contributed by atoms with E-state index in [2.05, 4.69) is 11.0 Å². The fraction of sp³-hybridized carbons (Fsp3) is 0.333. The third-order valence-corrected chi connectivity index (χ3v) is 4.71. The molecular weight excluding hydrogens is 328 g/mol. The maximum atomic E-state index is 12.4. The highest BCUT2D eigenvalue weighted by Crippen LogP contribution is 2.22. The van der Waals surface area contributed by atoms with Crippen molar-refractivity contribution < 1.29 is 14.3 Å². The van der Waals surface area contributed by atoms with Crippen LogP contribution in [0.25, 0.3) is 0 Å². The Morgan fingerprint density at radius 3 is 2.35 bits per heavy atom. The highest BCUT2D eigenvalue weighted by molar-refractivity contribution is 5.97. The lowest BCUT2D eigenvalue weighted by atomic mass is 10.1. The van der Waals surface area contributed by atoms with E-state index in [0.29, 0.717) is 18.7 Å². The third-order valence-electron chi connectivity index (χ3n) is 4.71. The molecule has 136 valence electrons. The molecule has 26 heavy (non-hydrogen) atoms. The maximum Gasteiger partial charge on any atom is 0.223 e. The van der Waals surface area contributed by atoms with E-state index in [-0.39, 0.29) is 24.5 Å². The van der Waals surface area contributed by atoms with Crippen molar-refractivity contribution in [3.8, 4) is 5.75 Å². The minimum Gasteiger partial charge on any atom is -0.497 e. The Morgan fingerprint density at radius 1 is 0.923 bits per heavy atom. The van der Waals surface area contributed by atoms with E-state index in [4.69, 9.17) is 4.74 Å². The van der Waals surface area contributed by atoms with Crippen LogP contribution in [-0.2, 0) is 4.79 Å². The lowest BCUT2D eigenvalue weighted by Gasteiger charge is -2.36. The molecule has 1 amide bonds. The number of Topliss-reactive ketones (excluding diaryl/α,β-unsaturated/α-hetero) is 1. The second-order valence-electron chi connectivity index (χ2n) is 6.36. The van der Waals surface area contributed by atoms with Gasteiger partial charge in [0.15, 0.2) is 5.78 Å². The summed E-state index contributed by atoms with van der Waals surface area (Å²) >= 11 is 0. The van der Waals surface area contributed by atoms with Crippen molar-refractivity contribution in [2.45, 2.75) is 12.8 Å². The number of piperazine rings is 1. The van der Waals surface area contributed by atoms with Crippen LogP contribution in [0.15, 0.2) is 54.6 Å². The van der Waals surface area contributed by atoms with Gasteiger partial charge in [0.1, 0.15) is 5.75 Å². The van der Waals surface area contributed by atoms with Crippen LogP contribution in [0.3, 0.4) is 0 Å². The highest BCUT2D eigenvalue weighted by Gasteiger charge is 2.22. The predicted octanol–water partition coefficient (Wildman–Crippen LogP) is 3.01. The van der Waals surface area contributed by atoms with Crippen molar-refractivity contribution in [1.82, 2.24) is 4.90 Å². The van der Waals surface area contributed by atoms with E-state index in [1.807, 2.05) is 41.3 Å². The molecule has 0 atom stereocenters. The van der Waals surface area contributed by atoms with Crippen LogP contribution in [0.1, 0.15) is 23.2 Å². The Balaban J connectivity index is 1.48. The second-order valence-corrected chi connectivity index (χ2v) is 6.36. The summed E-state index contributed by atoms with van der Waals surface area (Å²) in [6.07, 6.45) is 0.534. The standard InChI is InChI=1S/C21H24N2O3/c1-26-19-9-5-8-18(16-19)22-12-14-23(15-13-22)21(25)11-10-20(24)17-6-3-2-4-7-17/h2-9,16H,10-15H2,1H3. The van der Waals surface area contributed by atoms with Gasteiger partial charge in [0.25, 0.3) is 0 Å². The molecule has 1 heterocycles. The molecule has 0 spiro atoms. The van der Waals surface area contributed by atoms with Crippen molar-refractivity contribution in [2.75, 3.05) is 38.2 Å². The first-order chi connectivity index (χ1) is 12.7. The average molecular weight is 352 g/mol. The Morgan fingerprint density at radius 2 is 1.65 bits per heavy atom. The first kappa shape index (κ1) is 18.0. The van der Waals surface area contributed by atoms with Gasteiger partial charge in [-0.05, 0) is 12.1 Å². The van der Waals surface area contributed by atoms with Crippen molar-refractivity contribution in [3.05, 3.63) is 60.2 Å². The average Bonchev–Trinajstić information content (AvgIpc) is 2.72. The molecule has 0 unspecified atom stereocenters. The molecule has 1 saturated heterocycles. The van der Waals surface area contributed by atoms with Gasteiger partial charge in [-0.1, -0.05) is 36.4 Å². The number of nitrogens with zero attached hydrogens (tertiary/aromatic N) is 2. The molecule has 0 N–H and O–H groups in total. The van der Waals surface area contributed by atoms with Crippen molar-refractivity contribution in [3.63, 3.8) is 0 Å². The summed E-state index contributed by atoms with van der Waals surface area (Å²) in [5.74, 6) is 0.911. The topological polar surface area (TPSA) is 49.9 Å². The summed E-state index contributed by atoms with van der Waals surface area (Å²) < 4.78 is 5.27. The van der Waals surface area contributed by atoms with Crippen LogP contribution in [-0.4, -0.2) is 49.9 Å². The van der Waals surface area contributed by atoms with Crippen molar-refractivity contribution in [2.24, 2.45) is 0 Å². The molecule has 1 aliphatic heterocycles. The summed E-state index contributed by atoms with van der Waals surface area (Å²) in [4.78, 5) is 28.7. The van der Waals surface area contributed by atoms with E-state index in [0.717, 1.165) is 24.5 Å². The number of hydrogen-bond donors (Lipinski definition) is 0. The van der Waals surface area contributed by atoms with Gasteiger partial charge in [-0.2, -0.15) is 0 Å². The molecule has 0 aliphatic carbocycles. The number of carbonyl (C=O) groups is 2. The van der Waals surface area contributed by atoms with Gasteiger partial charge in [-0.25, -0.2) is 0 Å². The minimum absolute atomic E-state index is 0.0222. The SMILES string of the molecule is COc1cccc(N2CCN(C(=O)CCC(=O)c3ccccc3)CC2)c1. The fourth-order valence-electron chi connectivity index (χ4n) is 3.17. The van der Waals surface area contributed by atoms with Crippen LogP contribution in [0.4, 0.5) is 5.69 Å². The maximum absolute atomic E-state index is 12.4. The molecule has 0 aromatic heterocycles. The lowest BCUT2D eigenvalue weighted by Crippen LogP contribution is -2.48. The van der Waals surface area contributed by atoms with Gasteiger partial charge in [0.05, 0.1) is 7.11 Å². The zero-order valence-electron chi connectivity index (χ0n) is 15.1. The minimum atomic E-state index is 0.0222. The van der Waals surface area contributed by atoms with Gasteiger partial charge in [-0.3, -0.25) is 9.59 Å². The van der Waals surface area contributed by atoms with Gasteiger partial charge in [0, 0.05) is 56.3 Å². The monoisotopic (exact) mass is 352 g/mol. The molecule has 3 rings (SSSR count). The van der Waals surface area contributed by atoms with E-state index in [1.54, 1.807) is 19.2 Å². The van der Waals surface area contributed by atoms with Gasteiger partial charge in [-0.15, -0.1) is 0 Å². The zero-order valence-corrected chi connectivity index (χ0v) is 15.1. The van der Waals surface area contributed by atoms with Crippen LogP contribution < -0.4 is 9.64 Å². The number of anilines is 1. The Bertz CT molecular complexity index is 753. The van der Waals surface area contributed by atoms with Crippen molar-refractivity contribution in [1.29, 1.82) is 0 Å². The van der Waals surface area contributed by atoms with Gasteiger partial charge >= 0.3 is 0 Å². The lowest BCUT2D eigenvalue weighted by molar-refractivity contribution is -0.131. The normalized spacial score (nSPS) is 14.2. The highest BCUT2D eigenvalue weighted by atomic mass is 16.5. The number of hydrogen-bond acceptors (Lipinski definition) is 4. The smallest absolute Gasteiger partial charge is 0.223 e. The first-order valence-corrected chi connectivity index (χ1v) is 8.92. The number of amides is 1. The fourth-order valence-corrected chi connectivity index (χ4v) is 3.17. The van der Waals surface area contributed by atoms with Gasteiger partial charge in [0.2, 0.25) is 5.91 Å². The van der Waals surface area contributed by atoms with E-state index >= 15 is 0 Å². The Kier molecular flexibility index (Phi) is 5.89. The van der Waals surface area contributed by atoms with Gasteiger partial charge < -0.3 is 14.5 Å². The quantitative estimate of drug-likeness (QED) is 0.750. The van der Waals surface area contributed by atoms with E-state index in [1.165, 1.54) is 0 Å². The third kappa shape index (κ3) is 4.42. The number of ketones is 1. The molecule has 5 nitrogen and oxygen atoms in total. The molecule has 2 aromatic carbocycles. The number of rotatable bonds is 6. The predicted molar refractivity (Wildman–Crippen MR) is 102 cm³/mol. The van der Waals surface area contributed by atoms with Crippen molar-refractivity contribution >= 4 is 17.4 Å². The summed E-state index contributed by atoms with van der Waals surface area (Å²) in [6, 6.07) is 17.1. The van der Waals surface area contributed by atoms with Crippen LogP contribution in [0, 0.1) is 0 Å². The molecule has 5 heteroatoms. The second kappa shape index (κ2) is 8.52. The molecular formula is C21H24N2O3. The summed E-state index contributed by atoms with van der Waals surface area (Å²) in [6.45, 7) is 2.92. The zero-order chi connectivity index (χ0) is 18.4. The molecule has 2 aromatic rings. The summed E-state index contributed by atoms with van der Waals surface area (Å²) in [5, 5.41) is 0. The van der Waals surface area contributed by atoms with Crippen LogP contribution >= 0.6 is 0 Å². The summed E-state index contributed by atoms with van der Waals surface area (Å²) in [5.41, 5.74) is 1.78. The van der Waals surface area contributed by atoms with E-state index < -0.39 is 0 Å². The largest absolute Gasteiger partial charge is 0.497 e. The number of benzene rings is 2. The number of methoxy groups -OCH3 is 1. The molecule has 0 saturated carbocycles. The Hall–Kier alpha value is -2.82. The van der Waals surface area contributed by atoms with Crippen LogP contribution in [0.2, 0.25) is 0 Å². The van der Waals surface area contributed by atoms with E-state index in [9.17, 15) is 9.59 Å². The first-order valence-electron chi connectivity index (χ1n) is 8.92. The summed E-state index contributed by atoms with van der Waals surface area (Å²) in [7, 11) is 1.66.